The first-order chi connectivity index (χ1) is 8.08. The van der Waals surface area contributed by atoms with Gasteiger partial charge in [-0.3, -0.25) is 0 Å². The molecule has 0 bridgehead atoms. The molecule has 2 aromatic rings. The summed E-state index contributed by atoms with van der Waals surface area (Å²) in [5.41, 5.74) is 0.367. The second-order valence-corrected chi connectivity index (χ2v) is 3.58. The Bertz CT molecular complexity index is 627. The second-order valence-electron chi connectivity index (χ2n) is 3.58. The average Bonchev–Trinajstić information content (AvgIpc) is 2.27. The molecule has 1 aromatic carbocycles. The van der Waals surface area contributed by atoms with Crippen LogP contribution in [-0.4, -0.2) is 19.3 Å². The largest absolute Gasteiger partial charge is 0.504 e. The van der Waals surface area contributed by atoms with E-state index in [1.165, 1.54) is 26.4 Å². The average molecular weight is 236 g/mol. The molecule has 17 heavy (non-hydrogen) atoms. The van der Waals surface area contributed by atoms with Crippen LogP contribution in [0.5, 0.6) is 17.2 Å². The molecule has 0 amide bonds. The Kier molecular flexibility index (Phi) is 2.67. The number of fused-ring (bicyclic) bond motifs is 1. The standard InChI is InChI=1S/C12H12O5/c1-6-4-7(13)11(16-3)12-10(6)8(15-2)5-9(14)17-12/h4-5,13H,1-3H3. The maximum absolute atomic E-state index is 11.4. The lowest BCUT2D eigenvalue weighted by molar-refractivity contribution is 0.366. The van der Waals surface area contributed by atoms with Crippen LogP contribution in [0.15, 0.2) is 21.3 Å². The van der Waals surface area contributed by atoms with Crippen molar-refractivity contribution < 1.29 is 19.0 Å². The minimum absolute atomic E-state index is 0.0751. The molecule has 0 aliphatic carbocycles. The maximum atomic E-state index is 11.4. The second kappa shape index (κ2) is 4.01. The first-order valence-corrected chi connectivity index (χ1v) is 4.97. The fourth-order valence-corrected chi connectivity index (χ4v) is 1.82. The van der Waals surface area contributed by atoms with Gasteiger partial charge in [-0.05, 0) is 18.6 Å². The van der Waals surface area contributed by atoms with Crippen molar-refractivity contribution in [1.82, 2.24) is 0 Å². The number of hydrogen-bond acceptors (Lipinski definition) is 5. The van der Waals surface area contributed by atoms with E-state index in [0.29, 0.717) is 11.1 Å². The predicted octanol–water partition coefficient (Wildman–Crippen LogP) is 1.82. The molecule has 1 N–H and O–H groups in total. The highest BCUT2D eigenvalue weighted by Gasteiger charge is 2.17. The molecule has 0 saturated heterocycles. The fraction of sp³-hybridized carbons (Fsp3) is 0.250. The summed E-state index contributed by atoms with van der Waals surface area (Å²) in [5.74, 6) is 0.447. The van der Waals surface area contributed by atoms with Gasteiger partial charge in [0.1, 0.15) is 5.75 Å². The van der Waals surface area contributed by atoms with E-state index in [9.17, 15) is 9.90 Å². The van der Waals surface area contributed by atoms with Crippen LogP contribution in [0, 0.1) is 6.92 Å². The Hall–Kier alpha value is -2.17. The summed E-state index contributed by atoms with van der Waals surface area (Å²) >= 11 is 0. The van der Waals surface area contributed by atoms with Gasteiger partial charge in [0, 0.05) is 0 Å². The van der Waals surface area contributed by atoms with Gasteiger partial charge in [0.15, 0.2) is 11.3 Å². The smallest absolute Gasteiger partial charge is 0.340 e. The zero-order chi connectivity index (χ0) is 12.6. The quantitative estimate of drug-likeness (QED) is 0.805. The molecule has 0 spiro atoms. The third-order valence-corrected chi connectivity index (χ3v) is 2.54. The van der Waals surface area contributed by atoms with Crippen molar-refractivity contribution in [2.24, 2.45) is 0 Å². The van der Waals surface area contributed by atoms with Crippen molar-refractivity contribution in [3.05, 3.63) is 28.1 Å². The number of hydrogen-bond donors (Lipinski definition) is 1. The van der Waals surface area contributed by atoms with Crippen LogP contribution in [0.2, 0.25) is 0 Å². The summed E-state index contributed by atoms with van der Waals surface area (Å²) in [5, 5.41) is 10.3. The number of methoxy groups -OCH3 is 2. The highest BCUT2D eigenvalue weighted by Crippen LogP contribution is 2.39. The van der Waals surface area contributed by atoms with Gasteiger partial charge < -0.3 is 19.0 Å². The third kappa shape index (κ3) is 1.69. The van der Waals surface area contributed by atoms with Crippen molar-refractivity contribution in [3.63, 3.8) is 0 Å². The van der Waals surface area contributed by atoms with Gasteiger partial charge in [0.05, 0.1) is 25.7 Å². The Morgan fingerprint density at radius 2 is 1.94 bits per heavy atom. The number of aryl methyl sites for hydroxylation is 1. The number of phenols is 1. The van der Waals surface area contributed by atoms with Gasteiger partial charge in [-0.1, -0.05) is 0 Å². The van der Waals surface area contributed by atoms with E-state index in [-0.39, 0.29) is 17.1 Å². The molecular formula is C12H12O5. The van der Waals surface area contributed by atoms with Crippen LogP contribution >= 0.6 is 0 Å². The first-order valence-electron chi connectivity index (χ1n) is 4.97. The van der Waals surface area contributed by atoms with E-state index < -0.39 is 5.63 Å². The highest BCUT2D eigenvalue weighted by atomic mass is 16.5. The highest BCUT2D eigenvalue weighted by molar-refractivity contribution is 5.92. The molecule has 0 aliphatic heterocycles. The zero-order valence-electron chi connectivity index (χ0n) is 9.73. The minimum Gasteiger partial charge on any atom is -0.504 e. The first kappa shape index (κ1) is 11.3. The number of ether oxygens (including phenoxy) is 2. The Labute approximate surface area is 97.2 Å². The maximum Gasteiger partial charge on any atom is 0.340 e. The van der Waals surface area contributed by atoms with E-state index in [0.717, 1.165) is 5.56 Å². The normalized spacial score (nSPS) is 10.5. The SMILES string of the molecule is COc1c(O)cc(C)c2c(OC)cc(=O)oc12. The molecular weight excluding hydrogens is 224 g/mol. The Morgan fingerprint density at radius 3 is 2.53 bits per heavy atom. The van der Waals surface area contributed by atoms with Crippen LogP contribution in [-0.2, 0) is 0 Å². The predicted molar refractivity (Wildman–Crippen MR) is 62.0 cm³/mol. The van der Waals surface area contributed by atoms with E-state index in [4.69, 9.17) is 13.9 Å². The van der Waals surface area contributed by atoms with Crippen molar-refractivity contribution in [3.8, 4) is 17.2 Å². The topological polar surface area (TPSA) is 68.9 Å². The van der Waals surface area contributed by atoms with E-state index in [1.54, 1.807) is 6.92 Å². The lowest BCUT2D eigenvalue weighted by Gasteiger charge is -2.11. The molecule has 5 nitrogen and oxygen atoms in total. The van der Waals surface area contributed by atoms with E-state index in [2.05, 4.69) is 0 Å². The Morgan fingerprint density at radius 1 is 1.24 bits per heavy atom. The van der Waals surface area contributed by atoms with Gasteiger partial charge in [-0.15, -0.1) is 0 Å². The summed E-state index contributed by atoms with van der Waals surface area (Å²) in [4.78, 5) is 11.4. The van der Waals surface area contributed by atoms with Crippen molar-refractivity contribution in [2.45, 2.75) is 6.92 Å². The molecule has 0 fully saturated rings. The van der Waals surface area contributed by atoms with Gasteiger partial charge in [-0.25, -0.2) is 4.79 Å². The number of aromatic hydroxyl groups is 1. The number of phenolic OH excluding ortho intramolecular Hbond substituents is 1. The summed E-state index contributed by atoms with van der Waals surface area (Å²) in [6.07, 6.45) is 0. The fourth-order valence-electron chi connectivity index (χ4n) is 1.82. The summed E-state index contributed by atoms with van der Waals surface area (Å²) < 4.78 is 15.2. The molecule has 0 atom stereocenters. The van der Waals surface area contributed by atoms with Crippen LogP contribution in [0.25, 0.3) is 11.0 Å². The zero-order valence-corrected chi connectivity index (χ0v) is 9.73. The lowest BCUT2D eigenvalue weighted by Crippen LogP contribution is -2.01. The third-order valence-electron chi connectivity index (χ3n) is 2.54. The number of rotatable bonds is 2. The van der Waals surface area contributed by atoms with E-state index in [1.807, 2.05) is 0 Å². The van der Waals surface area contributed by atoms with Crippen LogP contribution < -0.4 is 15.1 Å². The van der Waals surface area contributed by atoms with Gasteiger partial charge in [0.2, 0.25) is 5.75 Å². The summed E-state index contributed by atoms with van der Waals surface area (Å²) in [6, 6.07) is 2.79. The van der Waals surface area contributed by atoms with Crippen molar-refractivity contribution in [1.29, 1.82) is 0 Å². The summed E-state index contributed by atoms with van der Waals surface area (Å²) in [6.45, 7) is 1.78. The molecule has 90 valence electrons. The van der Waals surface area contributed by atoms with Gasteiger partial charge >= 0.3 is 5.63 Å². The molecule has 0 aliphatic rings. The molecule has 0 saturated carbocycles. The van der Waals surface area contributed by atoms with Crippen molar-refractivity contribution >= 4 is 11.0 Å². The number of benzene rings is 1. The molecule has 0 unspecified atom stereocenters. The lowest BCUT2D eigenvalue weighted by atomic mass is 10.1. The summed E-state index contributed by atoms with van der Waals surface area (Å²) in [7, 11) is 2.86. The molecule has 2 rings (SSSR count). The van der Waals surface area contributed by atoms with Gasteiger partial charge in [0.25, 0.3) is 0 Å². The van der Waals surface area contributed by atoms with Crippen LogP contribution in [0.1, 0.15) is 5.56 Å². The van der Waals surface area contributed by atoms with E-state index >= 15 is 0 Å². The Balaban J connectivity index is 3.02. The molecule has 1 aromatic heterocycles. The van der Waals surface area contributed by atoms with Crippen LogP contribution in [0.3, 0.4) is 0 Å². The monoisotopic (exact) mass is 236 g/mol. The molecule has 1 heterocycles. The molecule has 5 heteroatoms. The van der Waals surface area contributed by atoms with Crippen molar-refractivity contribution in [2.75, 3.05) is 14.2 Å². The van der Waals surface area contributed by atoms with Gasteiger partial charge in [-0.2, -0.15) is 0 Å². The minimum atomic E-state index is -0.558. The molecule has 0 radical (unpaired) electrons. The van der Waals surface area contributed by atoms with Crippen LogP contribution in [0.4, 0.5) is 0 Å².